The second-order valence-electron chi connectivity index (χ2n) is 5.85. The molecule has 0 bridgehead atoms. The van der Waals surface area contributed by atoms with Gasteiger partial charge in [0, 0.05) is 29.2 Å². The Bertz CT molecular complexity index is 827. The van der Waals surface area contributed by atoms with Crippen molar-refractivity contribution in [1.29, 1.82) is 0 Å². The predicted octanol–water partition coefficient (Wildman–Crippen LogP) is 3.95. The van der Waals surface area contributed by atoms with Crippen molar-refractivity contribution < 1.29 is 14.6 Å². The van der Waals surface area contributed by atoms with Crippen LogP contribution in [0.2, 0.25) is 0 Å². The number of fused-ring (bicyclic) bond motifs is 1. The van der Waals surface area contributed by atoms with E-state index in [4.69, 9.17) is 9.84 Å². The van der Waals surface area contributed by atoms with Crippen LogP contribution in [0.1, 0.15) is 18.1 Å². The molecule has 124 valence electrons. The van der Waals surface area contributed by atoms with Crippen molar-refractivity contribution in [3.8, 4) is 5.75 Å². The lowest BCUT2D eigenvalue weighted by molar-refractivity contribution is 0.190. The summed E-state index contributed by atoms with van der Waals surface area (Å²) in [7, 11) is 0. The first-order valence-corrected chi connectivity index (χ1v) is 7.88. The summed E-state index contributed by atoms with van der Waals surface area (Å²) in [5.41, 5.74) is 3.19. The van der Waals surface area contributed by atoms with Crippen LogP contribution in [-0.4, -0.2) is 22.2 Å². The Kier molecular flexibility index (Phi) is 4.70. The van der Waals surface area contributed by atoms with Crippen LogP contribution in [0.25, 0.3) is 10.9 Å². The maximum Gasteiger partial charge on any atom is 0.404 e. The van der Waals surface area contributed by atoms with Crippen LogP contribution in [0.15, 0.2) is 54.7 Å². The van der Waals surface area contributed by atoms with Crippen LogP contribution in [0.5, 0.6) is 5.75 Å². The monoisotopic (exact) mass is 324 g/mol. The molecule has 1 aromatic heterocycles. The molecule has 0 saturated carbocycles. The molecule has 0 saturated heterocycles. The molecule has 5 heteroatoms. The molecule has 5 nitrogen and oxygen atoms in total. The zero-order valence-electron chi connectivity index (χ0n) is 13.5. The molecule has 3 N–H and O–H groups in total. The molecule has 1 atom stereocenters. The van der Waals surface area contributed by atoms with Crippen molar-refractivity contribution >= 4 is 17.0 Å². The van der Waals surface area contributed by atoms with Gasteiger partial charge < -0.3 is 20.1 Å². The van der Waals surface area contributed by atoms with Crippen molar-refractivity contribution in [2.75, 3.05) is 0 Å². The van der Waals surface area contributed by atoms with Crippen molar-refractivity contribution in [2.24, 2.45) is 0 Å². The Morgan fingerprint density at radius 2 is 2.04 bits per heavy atom. The van der Waals surface area contributed by atoms with E-state index in [1.54, 1.807) is 0 Å². The van der Waals surface area contributed by atoms with Crippen LogP contribution in [-0.2, 0) is 13.0 Å². The maximum absolute atomic E-state index is 10.7. The van der Waals surface area contributed by atoms with Gasteiger partial charge in [0.1, 0.15) is 12.4 Å². The summed E-state index contributed by atoms with van der Waals surface area (Å²) in [6, 6.07) is 15.8. The quantitative estimate of drug-likeness (QED) is 0.643. The van der Waals surface area contributed by atoms with Crippen LogP contribution < -0.4 is 10.1 Å². The lowest BCUT2D eigenvalue weighted by Gasteiger charge is -2.10. The van der Waals surface area contributed by atoms with Gasteiger partial charge in [-0.15, -0.1) is 0 Å². The van der Waals surface area contributed by atoms with Crippen molar-refractivity contribution in [1.82, 2.24) is 10.3 Å². The molecule has 0 radical (unpaired) electrons. The molecule has 0 fully saturated rings. The summed E-state index contributed by atoms with van der Waals surface area (Å²) >= 11 is 0. The summed E-state index contributed by atoms with van der Waals surface area (Å²) in [6.07, 6.45) is 1.56. The average molecular weight is 324 g/mol. The number of ether oxygens (including phenoxy) is 1. The number of carboxylic acid groups (broad SMARTS) is 1. The minimum atomic E-state index is -1.00. The number of rotatable bonds is 6. The van der Waals surface area contributed by atoms with E-state index < -0.39 is 6.09 Å². The Morgan fingerprint density at radius 3 is 2.79 bits per heavy atom. The zero-order valence-corrected chi connectivity index (χ0v) is 13.5. The number of aromatic nitrogens is 1. The van der Waals surface area contributed by atoms with E-state index in [0.717, 1.165) is 27.8 Å². The molecule has 0 aliphatic rings. The fraction of sp³-hybridized carbons (Fsp3) is 0.211. The maximum atomic E-state index is 10.7. The van der Waals surface area contributed by atoms with Crippen molar-refractivity contribution in [3.05, 3.63) is 65.9 Å². The number of aromatic amines is 1. The molecule has 24 heavy (non-hydrogen) atoms. The highest BCUT2D eigenvalue weighted by atomic mass is 16.5. The SMILES string of the molecule is CC(Cc1c[nH]c2cc(OCc3ccccc3)ccc12)NC(=O)O. The Morgan fingerprint density at radius 1 is 1.25 bits per heavy atom. The summed E-state index contributed by atoms with van der Waals surface area (Å²) < 4.78 is 5.83. The number of nitrogens with one attached hydrogen (secondary N) is 2. The first-order chi connectivity index (χ1) is 11.6. The van der Waals surface area contributed by atoms with Crippen molar-refractivity contribution in [3.63, 3.8) is 0 Å². The normalized spacial score (nSPS) is 12.0. The molecular weight excluding hydrogens is 304 g/mol. The van der Waals surface area contributed by atoms with Crippen LogP contribution in [0.3, 0.4) is 0 Å². The van der Waals surface area contributed by atoms with E-state index in [9.17, 15) is 4.79 Å². The number of H-pyrrole nitrogens is 1. The molecule has 1 unspecified atom stereocenters. The third-order valence-electron chi connectivity index (χ3n) is 3.88. The van der Waals surface area contributed by atoms with E-state index in [1.165, 1.54) is 0 Å². The Labute approximate surface area is 140 Å². The van der Waals surface area contributed by atoms with E-state index in [-0.39, 0.29) is 6.04 Å². The third-order valence-corrected chi connectivity index (χ3v) is 3.88. The fourth-order valence-corrected chi connectivity index (χ4v) is 2.76. The lowest BCUT2D eigenvalue weighted by Crippen LogP contribution is -2.32. The van der Waals surface area contributed by atoms with E-state index >= 15 is 0 Å². The Hall–Kier alpha value is -2.95. The molecule has 3 aromatic rings. The van der Waals surface area contributed by atoms with Gasteiger partial charge in [-0.05, 0) is 36.6 Å². The van der Waals surface area contributed by atoms with Gasteiger partial charge >= 0.3 is 6.09 Å². The van der Waals surface area contributed by atoms with E-state index in [1.807, 2.05) is 61.7 Å². The minimum absolute atomic E-state index is 0.143. The van der Waals surface area contributed by atoms with Crippen molar-refractivity contribution in [2.45, 2.75) is 26.0 Å². The third kappa shape index (κ3) is 3.87. The average Bonchev–Trinajstić information content (AvgIpc) is 2.95. The number of hydrogen-bond donors (Lipinski definition) is 3. The van der Waals surface area contributed by atoms with E-state index in [0.29, 0.717) is 13.0 Å². The summed E-state index contributed by atoms with van der Waals surface area (Å²) in [5, 5.41) is 12.3. The molecule has 0 aliphatic heterocycles. The van der Waals surface area contributed by atoms with Crippen LogP contribution in [0.4, 0.5) is 4.79 Å². The van der Waals surface area contributed by atoms with E-state index in [2.05, 4.69) is 10.3 Å². The van der Waals surface area contributed by atoms with Gasteiger partial charge in [0.05, 0.1) is 0 Å². The topological polar surface area (TPSA) is 74.3 Å². The molecular formula is C19H20N2O3. The highest BCUT2D eigenvalue weighted by Crippen LogP contribution is 2.25. The predicted molar refractivity (Wildman–Crippen MR) is 93.4 cm³/mol. The summed E-state index contributed by atoms with van der Waals surface area (Å²) in [6.45, 7) is 2.38. The van der Waals surface area contributed by atoms with Gasteiger partial charge in [-0.2, -0.15) is 0 Å². The van der Waals surface area contributed by atoms with Gasteiger partial charge in [-0.25, -0.2) is 4.79 Å². The van der Waals surface area contributed by atoms with Crippen LogP contribution >= 0.6 is 0 Å². The van der Waals surface area contributed by atoms with Gasteiger partial charge in [0.15, 0.2) is 0 Å². The number of amides is 1. The lowest BCUT2D eigenvalue weighted by atomic mass is 10.1. The van der Waals surface area contributed by atoms with Gasteiger partial charge in [-0.3, -0.25) is 0 Å². The molecule has 1 amide bonds. The molecule has 2 aromatic carbocycles. The van der Waals surface area contributed by atoms with Gasteiger partial charge in [0.25, 0.3) is 0 Å². The standard InChI is InChI=1S/C19H20N2O3/c1-13(21-19(22)23)9-15-11-20-18-10-16(7-8-17(15)18)24-12-14-5-3-2-4-6-14/h2-8,10-11,13,20-21H,9,12H2,1H3,(H,22,23). The second-order valence-corrected chi connectivity index (χ2v) is 5.85. The second kappa shape index (κ2) is 7.08. The van der Waals surface area contributed by atoms with Crippen LogP contribution in [0, 0.1) is 0 Å². The molecule has 0 spiro atoms. The molecule has 0 aliphatic carbocycles. The Balaban J connectivity index is 1.70. The minimum Gasteiger partial charge on any atom is -0.489 e. The molecule has 1 heterocycles. The number of carbonyl (C=O) groups is 1. The fourth-order valence-electron chi connectivity index (χ4n) is 2.76. The summed E-state index contributed by atoms with van der Waals surface area (Å²) in [5.74, 6) is 0.802. The number of benzene rings is 2. The first kappa shape index (κ1) is 15.9. The number of hydrogen-bond acceptors (Lipinski definition) is 2. The first-order valence-electron chi connectivity index (χ1n) is 7.88. The largest absolute Gasteiger partial charge is 0.489 e. The van der Waals surface area contributed by atoms with Gasteiger partial charge in [0.2, 0.25) is 0 Å². The molecule has 3 rings (SSSR count). The summed E-state index contributed by atoms with van der Waals surface area (Å²) in [4.78, 5) is 13.9. The highest BCUT2D eigenvalue weighted by molar-refractivity contribution is 5.84. The highest BCUT2D eigenvalue weighted by Gasteiger charge is 2.11. The smallest absolute Gasteiger partial charge is 0.404 e. The van der Waals surface area contributed by atoms with Gasteiger partial charge in [-0.1, -0.05) is 30.3 Å². The zero-order chi connectivity index (χ0) is 16.9.